The van der Waals surface area contributed by atoms with Gasteiger partial charge in [-0.1, -0.05) is 67.2 Å². The van der Waals surface area contributed by atoms with E-state index in [4.69, 9.17) is 28.9 Å². The van der Waals surface area contributed by atoms with Crippen molar-refractivity contribution in [2.24, 2.45) is 22.6 Å². The highest BCUT2D eigenvalue weighted by Gasteiger charge is 2.34. The minimum Gasteiger partial charge on any atom is -0.370 e. The number of primary amides is 1. The number of hydrogen-bond acceptors (Lipinski definition) is 4. The SMILES string of the molecule is CC1CC1.NC(=O)CC(CCC(F)(F)F)C(=O)NC1N=C(c2cccc(Cl)c2)c2cccc(Cl)c2NC1=O. The van der Waals surface area contributed by atoms with Crippen LogP contribution in [-0.4, -0.2) is 35.8 Å². The van der Waals surface area contributed by atoms with Crippen molar-refractivity contribution < 1.29 is 27.6 Å². The number of nitrogens with zero attached hydrogens (tertiary/aromatic N) is 1. The molecular weight excluding hydrogens is 544 g/mol. The van der Waals surface area contributed by atoms with E-state index in [9.17, 15) is 27.6 Å². The van der Waals surface area contributed by atoms with Gasteiger partial charge < -0.3 is 16.4 Å². The highest BCUT2D eigenvalue weighted by atomic mass is 35.5. The number of fused-ring (bicyclic) bond motifs is 1. The van der Waals surface area contributed by atoms with Gasteiger partial charge in [0.1, 0.15) is 0 Å². The molecule has 2 aliphatic rings. The molecule has 12 heteroatoms. The summed E-state index contributed by atoms with van der Waals surface area (Å²) in [6.07, 6.45) is -5.68. The van der Waals surface area contributed by atoms with Crippen LogP contribution >= 0.6 is 23.2 Å². The number of benzodiazepines with no additional fused rings is 1. The van der Waals surface area contributed by atoms with E-state index in [0.717, 1.165) is 5.92 Å². The first-order valence-electron chi connectivity index (χ1n) is 11.9. The number of amides is 3. The fourth-order valence-electron chi connectivity index (χ4n) is 3.59. The molecule has 2 atom stereocenters. The summed E-state index contributed by atoms with van der Waals surface area (Å²) in [7, 11) is 0. The number of alkyl halides is 3. The highest BCUT2D eigenvalue weighted by Crippen LogP contribution is 2.32. The minimum atomic E-state index is -4.54. The first-order valence-corrected chi connectivity index (χ1v) is 12.7. The van der Waals surface area contributed by atoms with E-state index in [1.165, 1.54) is 12.8 Å². The first-order chi connectivity index (χ1) is 17.8. The summed E-state index contributed by atoms with van der Waals surface area (Å²) in [4.78, 5) is 41.4. The first kappa shape index (κ1) is 29.4. The van der Waals surface area contributed by atoms with Crippen LogP contribution < -0.4 is 16.4 Å². The largest absolute Gasteiger partial charge is 0.389 e. The second kappa shape index (κ2) is 12.6. The van der Waals surface area contributed by atoms with E-state index in [1.54, 1.807) is 42.5 Å². The monoisotopic (exact) mass is 570 g/mol. The molecule has 4 rings (SSSR count). The van der Waals surface area contributed by atoms with Crippen LogP contribution in [0, 0.1) is 11.8 Å². The molecule has 4 N–H and O–H groups in total. The van der Waals surface area contributed by atoms with Gasteiger partial charge in [-0.25, -0.2) is 4.99 Å². The van der Waals surface area contributed by atoms with Crippen molar-refractivity contribution in [1.82, 2.24) is 5.32 Å². The number of nitrogens with one attached hydrogen (secondary N) is 2. The summed E-state index contributed by atoms with van der Waals surface area (Å²) in [6.45, 7) is 2.28. The van der Waals surface area contributed by atoms with Crippen molar-refractivity contribution in [3.8, 4) is 0 Å². The average Bonchev–Trinajstić information content (AvgIpc) is 3.63. The van der Waals surface area contributed by atoms with E-state index >= 15 is 0 Å². The maximum atomic E-state index is 12.9. The summed E-state index contributed by atoms with van der Waals surface area (Å²) in [5.74, 6) is -3.00. The average molecular weight is 571 g/mol. The second-order valence-corrected chi connectivity index (χ2v) is 10.1. The fourth-order valence-corrected chi connectivity index (χ4v) is 4.00. The summed E-state index contributed by atoms with van der Waals surface area (Å²) < 4.78 is 38.1. The van der Waals surface area contributed by atoms with Crippen molar-refractivity contribution in [2.45, 2.75) is 51.4 Å². The van der Waals surface area contributed by atoms with Crippen molar-refractivity contribution in [1.29, 1.82) is 0 Å². The van der Waals surface area contributed by atoms with Crippen molar-refractivity contribution in [3.05, 3.63) is 63.6 Å². The van der Waals surface area contributed by atoms with Gasteiger partial charge in [0, 0.05) is 34.9 Å². The Kier molecular flexibility index (Phi) is 9.78. The number of carbonyl (C=O) groups excluding carboxylic acids is 3. The zero-order chi connectivity index (χ0) is 28.0. The molecule has 0 bridgehead atoms. The standard InChI is InChI=1S/C22H19Cl2F3N4O3.C4H8/c23-13-4-1-3-11(9-13)17-14-5-2-6-15(24)18(14)30-21(34)19(29-17)31-20(33)12(10-16(28)32)7-8-22(25,26)27;1-4-2-3-4/h1-6,9,12,19H,7-8,10H2,(H2,28,32)(H,30,34)(H,31,33);4H,2-3H2,1H3. The Balaban J connectivity index is 0.000000912. The molecule has 1 heterocycles. The van der Waals surface area contributed by atoms with Gasteiger partial charge in [0.05, 0.1) is 16.4 Å². The number of benzene rings is 2. The summed E-state index contributed by atoms with van der Waals surface area (Å²) in [5, 5.41) is 5.52. The summed E-state index contributed by atoms with van der Waals surface area (Å²) >= 11 is 12.4. The van der Waals surface area contributed by atoms with Crippen LogP contribution in [0.4, 0.5) is 18.9 Å². The number of nitrogens with two attached hydrogens (primary N) is 1. The molecule has 3 amide bonds. The fraction of sp³-hybridized carbons (Fsp3) is 0.385. The van der Waals surface area contributed by atoms with Crippen LogP contribution in [0.15, 0.2) is 47.5 Å². The number of rotatable bonds is 7. The minimum absolute atomic E-state index is 0.212. The van der Waals surface area contributed by atoms with Crippen molar-refractivity contribution in [3.63, 3.8) is 0 Å². The number of aliphatic imine (C=N–C) groups is 1. The van der Waals surface area contributed by atoms with E-state index in [-0.39, 0.29) is 16.4 Å². The Morgan fingerprint density at radius 3 is 2.42 bits per heavy atom. The Bertz CT molecular complexity index is 1230. The molecule has 38 heavy (non-hydrogen) atoms. The second-order valence-electron chi connectivity index (χ2n) is 9.25. The lowest BCUT2D eigenvalue weighted by Gasteiger charge is -2.19. The maximum absolute atomic E-state index is 12.9. The molecule has 1 aliphatic heterocycles. The highest BCUT2D eigenvalue weighted by molar-refractivity contribution is 6.36. The van der Waals surface area contributed by atoms with Gasteiger partial charge in [-0.3, -0.25) is 14.4 Å². The van der Waals surface area contributed by atoms with Gasteiger partial charge in [0.25, 0.3) is 5.91 Å². The summed E-state index contributed by atoms with van der Waals surface area (Å²) in [6, 6.07) is 11.4. The van der Waals surface area contributed by atoms with Crippen LogP contribution in [0.1, 0.15) is 50.2 Å². The number of carbonyl (C=O) groups is 3. The Morgan fingerprint density at radius 1 is 1.18 bits per heavy atom. The van der Waals surface area contributed by atoms with Gasteiger partial charge in [-0.05, 0) is 30.5 Å². The molecule has 0 spiro atoms. The molecule has 1 aliphatic carbocycles. The lowest BCUT2D eigenvalue weighted by molar-refractivity contribution is -0.143. The van der Waals surface area contributed by atoms with Gasteiger partial charge in [0.15, 0.2) is 0 Å². The van der Waals surface area contributed by atoms with Crippen molar-refractivity contribution in [2.75, 3.05) is 5.32 Å². The smallest absolute Gasteiger partial charge is 0.370 e. The lowest BCUT2D eigenvalue weighted by atomic mass is 9.97. The Hall–Kier alpha value is -3.11. The molecule has 2 aromatic rings. The quantitative estimate of drug-likeness (QED) is 0.409. The van der Waals surface area contributed by atoms with Gasteiger partial charge in [-0.15, -0.1) is 0 Å². The molecule has 1 fully saturated rings. The third kappa shape index (κ3) is 8.73. The zero-order valence-corrected chi connectivity index (χ0v) is 22.0. The van der Waals surface area contributed by atoms with Crippen LogP contribution in [-0.2, 0) is 14.4 Å². The molecule has 1 saturated carbocycles. The van der Waals surface area contributed by atoms with Crippen molar-refractivity contribution >= 4 is 52.3 Å². The summed E-state index contributed by atoms with van der Waals surface area (Å²) in [5.41, 5.74) is 6.58. The number of para-hydroxylation sites is 1. The predicted octanol–water partition coefficient (Wildman–Crippen LogP) is 5.48. The molecular formula is C26H27Cl2F3N4O3. The van der Waals surface area contributed by atoms with E-state index < -0.39 is 55.2 Å². The third-order valence-corrected chi connectivity index (χ3v) is 6.41. The Labute approximate surface area is 228 Å². The zero-order valence-electron chi connectivity index (χ0n) is 20.4. The normalized spacial score (nSPS) is 17.6. The number of hydrogen-bond donors (Lipinski definition) is 3. The number of anilines is 1. The molecule has 0 aromatic heterocycles. The molecule has 7 nitrogen and oxygen atoms in total. The Morgan fingerprint density at radius 2 is 1.84 bits per heavy atom. The molecule has 0 saturated heterocycles. The maximum Gasteiger partial charge on any atom is 0.389 e. The van der Waals surface area contributed by atoms with E-state index in [2.05, 4.69) is 22.5 Å². The van der Waals surface area contributed by atoms with Gasteiger partial charge in [0.2, 0.25) is 18.0 Å². The van der Waals surface area contributed by atoms with Crippen LogP contribution in [0.2, 0.25) is 10.0 Å². The molecule has 0 radical (unpaired) electrons. The number of halogens is 5. The van der Waals surface area contributed by atoms with E-state index in [1.807, 2.05) is 0 Å². The third-order valence-electron chi connectivity index (χ3n) is 5.86. The van der Waals surface area contributed by atoms with Gasteiger partial charge >= 0.3 is 6.18 Å². The molecule has 2 unspecified atom stereocenters. The van der Waals surface area contributed by atoms with Crippen LogP contribution in [0.5, 0.6) is 0 Å². The van der Waals surface area contributed by atoms with E-state index in [0.29, 0.717) is 16.1 Å². The molecule has 204 valence electrons. The van der Waals surface area contributed by atoms with Crippen LogP contribution in [0.25, 0.3) is 0 Å². The van der Waals surface area contributed by atoms with Gasteiger partial charge in [-0.2, -0.15) is 13.2 Å². The lowest BCUT2D eigenvalue weighted by Crippen LogP contribution is -2.45. The topological polar surface area (TPSA) is 114 Å². The van der Waals surface area contributed by atoms with Crippen LogP contribution in [0.3, 0.4) is 0 Å². The predicted molar refractivity (Wildman–Crippen MR) is 140 cm³/mol. The molecule has 2 aromatic carbocycles.